The number of aliphatic hydroxyl groups is 1. The van der Waals surface area contributed by atoms with Crippen LogP contribution in [0.1, 0.15) is 39.3 Å². The third-order valence-electron chi connectivity index (χ3n) is 5.43. The van der Waals surface area contributed by atoms with Gasteiger partial charge in [-0.3, -0.25) is 9.78 Å². The van der Waals surface area contributed by atoms with Crippen molar-refractivity contribution in [3.8, 4) is 0 Å². The molecule has 2 atom stereocenters. The van der Waals surface area contributed by atoms with Crippen LogP contribution in [0, 0.1) is 19.8 Å². The summed E-state index contributed by atoms with van der Waals surface area (Å²) >= 11 is 0. The largest absolute Gasteiger partial charge is 0.391 e. The van der Waals surface area contributed by atoms with E-state index in [4.69, 9.17) is 0 Å². The molecule has 0 spiro atoms. The Hall–Kier alpha value is -2.24. The SMILES string of the molecule is CNCc1ccccc1CC1CCN(C(=O)c2ccc(C)nc2C)CC1O. The summed E-state index contributed by atoms with van der Waals surface area (Å²) in [5, 5.41) is 13.9. The molecule has 2 unspecified atom stereocenters. The number of likely N-dealkylation sites (tertiary alicyclic amines) is 1. The average Bonchev–Trinajstić information content (AvgIpc) is 2.64. The number of hydrogen-bond acceptors (Lipinski definition) is 4. The van der Waals surface area contributed by atoms with Crippen LogP contribution in [0.25, 0.3) is 0 Å². The molecular weight excluding hydrogens is 338 g/mol. The fourth-order valence-corrected chi connectivity index (χ4v) is 3.89. The number of carbonyl (C=O) groups is 1. The Morgan fingerprint density at radius 1 is 1.22 bits per heavy atom. The van der Waals surface area contributed by atoms with Crippen LogP contribution >= 0.6 is 0 Å². The number of piperidine rings is 1. The highest BCUT2D eigenvalue weighted by Gasteiger charge is 2.31. The summed E-state index contributed by atoms with van der Waals surface area (Å²) in [4.78, 5) is 19.0. The van der Waals surface area contributed by atoms with Gasteiger partial charge in [0.2, 0.25) is 0 Å². The Bertz CT molecular complexity index is 806. The van der Waals surface area contributed by atoms with Crippen LogP contribution in [0.5, 0.6) is 0 Å². The van der Waals surface area contributed by atoms with Crippen molar-refractivity contribution in [1.29, 1.82) is 0 Å². The van der Waals surface area contributed by atoms with Gasteiger partial charge in [-0.25, -0.2) is 0 Å². The first-order chi connectivity index (χ1) is 13.0. The van der Waals surface area contributed by atoms with Crippen LogP contribution in [0.3, 0.4) is 0 Å². The number of benzene rings is 1. The lowest BCUT2D eigenvalue weighted by molar-refractivity contribution is 0.0197. The fraction of sp³-hybridized carbons (Fsp3) is 0.455. The van der Waals surface area contributed by atoms with Crippen molar-refractivity contribution < 1.29 is 9.90 Å². The van der Waals surface area contributed by atoms with E-state index in [0.717, 1.165) is 30.8 Å². The number of amides is 1. The highest BCUT2D eigenvalue weighted by molar-refractivity contribution is 5.95. The van der Waals surface area contributed by atoms with Crippen LogP contribution in [0.2, 0.25) is 0 Å². The van der Waals surface area contributed by atoms with Crippen LogP contribution in [-0.4, -0.2) is 47.1 Å². The lowest BCUT2D eigenvalue weighted by Gasteiger charge is -2.36. The Balaban J connectivity index is 1.66. The minimum Gasteiger partial charge on any atom is -0.391 e. The summed E-state index contributed by atoms with van der Waals surface area (Å²) in [5.41, 5.74) is 4.83. The third kappa shape index (κ3) is 4.54. The Labute approximate surface area is 161 Å². The minimum absolute atomic E-state index is 0.0342. The molecule has 1 amide bonds. The Morgan fingerprint density at radius 2 is 1.96 bits per heavy atom. The van der Waals surface area contributed by atoms with Gasteiger partial charge in [-0.2, -0.15) is 0 Å². The van der Waals surface area contributed by atoms with Crippen LogP contribution in [0.15, 0.2) is 36.4 Å². The number of aromatic nitrogens is 1. The zero-order valence-electron chi connectivity index (χ0n) is 16.4. The van der Waals surface area contributed by atoms with E-state index >= 15 is 0 Å². The number of β-amino-alcohol motifs (C(OH)–C–C–N with tert-alkyl or cyclic N) is 1. The number of carbonyl (C=O) groups excluding carboxylic acids is 1. The van der Waals surface area contributed by atoms with Gasteiger partial charge in [0.05, 0.1) is 17.4 Å². The van der Waals surface area contributed by atoms with Gasteiger partial charge in [-0.1, -0.05) is 24.3 Å². The van der Waals surface area contributed by atoms with Crippen molar-refractivity contribution in [2.45, 2.75) is 39.3 Å². The van der Waals surface area contributed by atoms with Gasteiger partial charge in [0.15, 0.2) is 0 Å². The smallest absolute Gasteiger partial charge is 0.255 e. The normalized spacial score (nSPS) is 19.9. The maximum absolute atomic E-state index is 12.8. The zero-order chi connectivity index (χ0) is 19.4. The standard InChI is InChI=1S/C22H29N3O2/c1-15-8-9-20(16(2)24-15)22(27)25-11-10-18(21(26)14-25)12-17-6-4-5-7-19(17)13-23-3/h4-9,18,21,23,26H,10-14H2,1-3H3. The molecule has 144 valence electrons. The lowest BCUT2D eigenvalue weighted by Crippen LogP contribution is -2.47. The first kappa shape index (κ1) is 19.5. The number of hydrogen-bond donors (Lipinski definition) is 2. The van der Waals surface area contributed by atoms with Crippen molar-refractivity contribution in [3.05, 3.63) is 64.5 Å². The topological polar surface area (TPSA) is 65.5 Å². The monoisotopic (exact) mass is 367 g/mol. The van der Waals surface area contributed by atoms with E-state index in [0.29, 0.717) is 18.7 Å². The fourth-order valence-electron chi connectivity index (χ4n) is 3.89. The van der Waals surface area contributed by atoms with Gasteiger partial charge in [-0.15, -0.1) is 0 Å². The molecule has 1 aliphatic rings. The van der Waals surface area contributed by atoms with Crippen molar-refractivity contribution in [1.82, 2.24) is 15.2 Å². The summed E-state index contributed by atoms with van der Waals surface area (Å²) in [7, 11) is 1.94. The van der Waals surface area contributed by atoms with E-state index in [-0.39, 0.29) is 11.8 Å². The second-order valence-corrected chi connectivity index (χ2v) is 7.46. The predicted molar refractivity (Wildman–Crippen MR) is 107 cm³/mol. The molecule has 3 rings (SSSR count). The second kappa shape index (κ2) is 8.63. The van der Waals surface area contributed by atoms with E-state index in [1.807, 2.05) is 45.2 Å². The second-order valence-electron chi connectivity index (χ2n) is 7.46. The minimum atomic E-state index is -0.510. The molecule has 1 fully saturated rings. The van der Waals surface area contributed by atoms with Gasteiger partial charge >= 0.3 is 0 Å². The molecule has 1 aromatic heterocycles. The van der Waals surface area contributed by atoms with Gasteiger partial charge in [-0.05, 0) is 62.9 Å². The van der Waals surface area contributed by atoms with Crippen LogP contribution < -0.4 is 5.32 Å². The number of pyridine rings is 1. The number of nitrogens with one attached hydrogen (secondary N) is 1. The summed E-state index contributed by atoms with van der Waals surface area (Å²) in [6.07, 6.45) is 1.13. The van der Waals surface area contributed by atoms with Gasteiger partial charge in [0, 0.05) is 25.3 Å². The quantitative estimate of drug-likeness (QED) is 0.852. The molecule has 2 N–H and O–H groups in total. The lowest BCUT2D eigenvalue weighted by atomic mass is 9.86. The summed E-state index contributed by atoms with van der Waals surface area (Å²) < 4.78 is 0. The highest BCUT2D eigenvalue weighted by atomic mass is 16.3. The molecule has 5 heteroatoms. The molecule has 0 saturated carbocycles. The van der Waals surface area contributed by atoms with Gasteiger partial charge in [0.25, 0.3) is 5.91 Å². The van der Waals surface area contributed by atoms with E-state index in [2.05, 4.69) is 22.4 Å². The molecule has 0 aliphatic carbocycles. The van der Waals surface area contributed by atoms with E-state index in [9.17, 15) is 9.90 Å². The van der Waals surface area contributed by atoms with Crippen molar-refractivity contribution in [2.75, 3.05) is 20.1 Å². The summed E-state index contributed by atoms with van der Waals surface area (Å²) in [6, 6.07) is 12.1. The van der Waals surface area contributed by atoms with E-state index in [1.165, 1.54) is 11.1 Å². The van der Waals surface area contributed by atoms with Crippen molar-refractivity contribution in [3.63, 3.8) is 0 Å². The van der Waals surface area contributed by atoms with Crippen molar-refractivity contribution >= 4 is 5.91 Å². The maximum Gasteiger partial charge on any atom is 0.255 e. The average molecular weight is 367 g/mol. The third-order valence-corrected chi connectivity index (χ3v) is 5.43. The number of aryl methyl sites for hydroxylation is 2. The van der Waals surface area contributed by atoms with Crippen molar-refractivity contribution in [2.24, 2.45) is 5.92 Å². The van der Waals surface area contributed by atoms with Crippen LogP contribution in [0.4, 0.5) is 0 Å². The number of aliphatic hydroxyl groups excluding tert-OH is 1. The molecule has 27 heavy (non-hydrogen) atoms. The van der Waals surface area contributed by atoms with E-state index < -0.39 is 6.10 Å². The Kier molecular flexibility index (Phi) is 6.24. The molecule has 0 bridgehead atoms. The zero-order valence-corrected chi connectivity index (χ0v) is 16.4. The molecule has 5 nitrogen and oxygen atoms in total. The molecule has 0 radical (unpaired) electrons. The molecule has 2 aromatic rings. The molecule has 1 aromatic carbocycles. The first-order valence-corrected chi connectivity index (χ1v) is 9.62. The summed E-state index contributed by atoms with van der Waals surface area (Å²) in [5.74, 6) is 0.136. The Morgan fingerprint density at radius 3 is 2.63 bits per heavy atom. The predicted octanol–water partition coefficient (Wildman–Crippen LogP) is 2.48. The highest BCUT2D eigenvalue weighted by Crippen LogP contribution is 2.25. The van der Waals surface area contributed by atoms with E-state index in [1.54, 1.807) is 4.90 Å². The number of rotatable bonds is 5. The summed E-state index contributed by atoms with van der Waals surface area (Å²) in [6.45, 7) is 5.65. The van der Waals surface area contributed by atoms with Gasteiger partial charge < -0.3 is 15.3 Å². The number of nitrogens with zero attached hydrogens (tertiary/aromatic N) is 2. The van der Waals surface area contributed by atoms with Crippen LogP contribution in [-0.2, 0) is 13.0 Å². The first-order valence-electron chi connectivity index (χ1n) is 9.62. The molecule has 1 saturated heterocycles. The van der Waals surface area contributed by atoms with Gasteiger partial charge in [0.1, 0.15) is 0 Å². The molecule has 2 heterocycles. The molecular formula is C22H29N3O2. The molecule has 1 aliphatic heterocycles. The maximum atomic E-state index is 12.8.